The number of aryl methyl sites for hydroxylation is 3. The SMILES string of the molecule is CCCN(CCC)CCCc1cc(NC(=O)C=Cc2ccc(C)c(C)c2)ccc1OC. The maximum absolute atomic E-state index is 12.4. The quantitative estimate of drug-likeness (QED) is 0.425. The Bertz CT molecular complexity index is 868. The van der Waals surface area contributed by atoms with E-state index in [2.05, 4.69) is 50.0 Å². The summed E-state index contributed by atoms with van der Waals surface area (Å²) in [5.41, 5.74) is 5.42. The monoisotopic (exact) mass is 422 g/mol. The van der Waals surface area contributed by atoms with Crippen LogP contribution in [0.15, 0.2) is 42.5 Å². The molecule has 0 aliphatic heterocycles. The molecular formula is C27H38N2O2. The molecule has 4 nitrogen and oxygen atoms in total. The van der Waals surface area contributed by atoms with Crippen molar-refractivity contribution in [3.05, 3.63) is 64.7 Å². The first-order valence-electron chi connectivity index (χ1n) is 11.4. The molecule has 4 heteroatoms. The number of methoxy groups -OCH3 is 1. The number of carbonyl (C=O) groups is 1. The molecular weight excluding hydrogens is 384 g/mol. The molecule has 0 heterocycles. The third kappa shape index (κ3) is 8.22. The Labute approximate surface area is 188 Å². The Morgan fingerprint density at radius 3 is 2.39 bits per heavy atom. The summed E-state index contributed by atoms with van der Waals surface area (Å²) in [6.45, 7) is 12.0. The van der Waals surface area contributed by atoms with E-state index in [1.165, 1.54) is 24.0 Å². The molecule has 0 fully saturated rings. The molecule has 0 radical (unpaired) electrons. The number of anilines is 1. The lowest BCUT2D eigenvalue weighted by atomic mass is 10.1. The highest BCUT2D eigenvalue weighted by molar-refractivity contribution is 6.02. The van der Waals surface area contributed by atoms with Crippen LogP contribution in [0.25, 0.3) is 6.08 Å². The van der Waals surface area contributed by atoms with Crippen LogP contribution in [0.1, 0.15) is 55.4 Å². The third-order valence-corrected chi connectivity index (χ3v) is 5.51. The number of carbonyl (C=O) groups excluding carboxylic acids is 1. The second kappa shape index (κ2) is 13.0. The van der Waals surface area contributed by atoms with Crippen LogP contribution in [0.3, 0.4) is 0 Å². The van der Waals surface area contributed by atoms with E-state index >= 15 is 0 Å². The lowest BCUT2D eigenvalue weighted by molar-refractivity contribution is -0.111. The Hall–Kier alpha value is -2.59. The standard InChI is InChI=1S/C27H38N2O2/c1-6-16-29(17-7-2)18-8-9-24-20-25(13-14-26(24)31-5)28-27(30)15-12-23-11-10-21(3)22(4)19-23/h10-15,19-20H,6-9,16-18H2,1-5H3,(H,28,30). The van der Waals surface area contributed by atoms with Gasteiger partial charge < -0.3 is 15.0 Å². The number of ether oxygens (including phenoxy) is 1. The summed E-state index contributed by atoms with van der Waals surface area (Å²) in [7, 11) is 1.70. The van der Waals surface area contributed by atoms with Crippen molar-refractivity contribution in [3.8, 4) is 5.75 Å². The lowest BCUT2D eigenvalue weighted by Gasteiger charge is -2.21. The molecule has 0 aromatic heterocycles. The van der Waals surface area contributed by atoms with E-state index in [1.807, 2.05) is 30.3 Å². The summed E-state index contributed by atoms with van der Waals surface area (Å²) in [5, 5.41) is 2.98. The van der Waals surface area contributed by atoms with E-state index in [4.69, 9.17) is 4.74 Å². The minimum atomic E-state index is -0.133. The fourth-order valence-electron chi connectivity index (χ4n) is 3.74. The van der Waals surface area contributed by atoms with E-state index in [9.17, 15) is 4.79 Å². The van der Waals surface area contributed by atoms with Crippen molar-refractivity contribution in [2.45, 2.75) is 53.4 Å². The molecule has 0 aliphatic rings. The van der Waals surface area contributed by atoms with Gasteiger partial charge in [-0.25, -0.2) is 0 Å². The summed E-state index contributed by atoms with van der Waals surface area (Å²) >= 11 is 0. The molecule has 0 saturated carbocycles. The molecule has 2 aromatic rings. The van der Waals surface area contributed by atoms with Crippen molar-refractivity contribution >= 4 is 17.7 Å². The molecule has 0 aliphatic carbocycles. The second-order valence-corrected chi connectivity index (χ2v) is 8.14. The number of rotatable bonds is 12. The van der Waals surface area contributed by atoms with Crippen LogP contribution in [0.2, 0.25) is 0 Å². The zero-order valence-electron chi connectivity index (χ0n) is 19.8. The molecule has 0 atom stereocenters. The number of hydrogen-bond donors (Lipinski definition) is 1. The largest absolute Gasteiger partial charge is 0.496 e. The molecule has 1 N–H and O–H groups in total. The first-order chi connectivity index (χ1) is 15.0. The molecule has 1 amide bonds. The first kappa shape index (κ1) is 24.7. The smallest absolute Gasteiger partial charge is 0.248 e. The normalized spacial score (nSPS) is 11.3. The van der Waals surface area contributed by atoms with Crippen LogP contribution in [-0.2, 0) is 11.2 Å². The van der Waals surface area contributed by atoms with Crippen molar-refractivity contribution in [2.24, 2.45) is 0 Å². The summed E-state index contributed by atoms with van der Waals surface area (Å²) < 4.78 is 5.54. The van der Waals surface area contributed by atoms with Crippen LogP contribution in [0.4, 0.5) is 5.69 Å². The average molecular weight is 423 g/mol. The van der Waals surface area contributed by atoms with Gasteiger partial charge in [0.25, 0.3) is 0 Å². The van der Waals surface area contributed by atoms with Gasteiger partial charge in [0.2, 0.25) is 5.91 Å². The number of nitrogens with one attached hydrogen (secondary N) is 1. The molecule has 31 heavy (non-hydrogen) atoms. The molecule has 2 aromatic carbocycles. The minimum Gasteiger partial charge on any atom is -0.496 e. The first-order valence-corrected chi connectivity index (χ1v) is 11.4. The third-order valence-electron chi connectivity index (χ3n) is 5.51. The molecule has 0 spiro atoms. The van der Waals surface area contributed by atoms with Crippen LogP contribution in [-0.4, -0.2) is 37.6 Å². The van der Waals surface area contributed by atoms with Crippen molar-refractivity contribution < 1.29 is 9.53 Å². The summed E-state index contributed by atoms with van der Waals surface area (Å²) in [5.74, 6) is 0.743. The maximum atomic E-state index is 12.4. The lowest BCUT2D eigenvalue weighted by Crippen LogP contribution is -2.26. The van der Waals surface area contributed by atoms with Gasteiger partial charge in [-0.1, -0.05) is 32.0 Å². The van der Waals surface area contributed by atoms with Gasteiger partial charge in [-0.15, -0.1) is 0 Å². The predicted octanol–water partition coefficient (Wildman–Crippen LogP) is 6.02. The number of amides is 1. The predicted molar refractivity (Wildman–Crippen MR) is 132 cm³/mol. The van der Waals surface area contributed by atoms with Gasteiger partial charge in [-0.05, 0) is 106 Å². The molecule has 168 valence electrons. The fourth-order valence-corrected chi connectivity index (χ4v) is 3.74. The summed E-state index contributed by atoms with van der Waals surface area (Å²) in [4.78, 5) is 14.9. The van der Waals surface area contributed by atoms with Crippen LogP contribution < -0.4 is 10.1 Å². The Kier molecular flexibility index (Phi) is 10.3. The Balaban J connectivity index is 1.99. The van der Waals surface area contributed by atoms with Gasteiger partial charge in [-0.2, -0.15) is 0 Å². The molecule has 0 saturated heterocycles. The second-order valence-electron chi connectivity index (χ2n) is 8.14. The fraction of sp³-hybridized carbons (Fsp3) is 0.444. The van der Waals surface area contributed by atoms with Gasteiger partial charge in [0.15, 0.2) is 0 Å². The van der Waals surface area contributed by atoms with E-state index in [1.54, 1.807) is 13.2 Å². The molecule has 0 unspecified atom stereocenters. The molecule has 0 bridgehead atoms. The van der Waals surface area contributed by atoms with E-state index < -0.39 is 0 Å². The van der Waals surface area contributed by atoms with Crippen LogP contribution in [0.5, 0.6) is 5.75 Å². The van der Waals surface area contributed by atoms with E-state index in [0.717, 1.165) is 55.0 Å². The van der Waals surface area contributed by atoms with E-state index in [-0.39, 0.29) is 5.91 Å². The Morgan fingerprint density at radius 2 is 1.74 bits per heavy atom. The summed E-state index contributed by atoms with van der Waals surface area (Å²) in [6, 6.07) is 12.1. The van der Waals surface area contributed by atoms with Gasteiger partial charge in [0.05, 0.1) is 7.11 Å². The van der Waals surface area contributed by atoms with Crippen molar-refractivity contribution in [1.29, 1.82) is 0 Å². The molecule has 2 rings (SSSR count). The Morgan fingerprint density at radius 1 is 1.00 bits per heavy atom. The number of hydrogen-bond acceptors (Lipinski definition) is 3. The van der Waals surface area contributed by atoms with Crippen molar-refractivity contribution in [3.63, 3.8) is 0 Å². The minimum absolute atomic E-state index is 0.133. The maximum Gasteiger partial charge on any atom is 0.248 e. The summed E-state index contributed by atoms with van der Waals surface area (Å²) in [6.07, 6.45) is 7.79. The van der Waals surface area contributed by atoms with Gasteiger partial charge in [0.1, 0.15) is 5.75 Å². The van der Waals surface area contributed by atoms with Crippen LogP contribution >= 0.6 is 0 Å². The zero-order chi connectivity index (χ0) is 22.6. The zero-order valence-corrected chi connectivity index (χ0v) is 19.8. The topological polar surface area (TPSA) is 41.6 Å². The highest BCUT2D eigenvalue weighted by Crippen LogP contribution is 2.24. The highest BCUT2D eigenvalue weighted by atomic mass is 16.5. The average Bonchev–Trinajstić information content (AvgIpc) is 2.75. The van der Waals surface area contributed by atoms with Gasteiger partial charge in [0, 0.05) is 11.8 Å². The van der Waals surface area contributed by atoms with Crippen molar-refractivity contribution in [2.75, 3.05) is 32.1 Å². The number of benzene rings is 2. The van der Waals surface area contributed by atoms with E-state index in [0.29, 0.717) is 0 Å². The van der Waals surface area contributed by atoms with Crippen molar-refractivity contribution in [1.82, 2.24) is 4.90 Å². The highest BCUT2D eigenvalue weighted by Gasteiger charge is 2.08. The van der Waals surface area contributed by atoms with Gasteiger partial charge in [-0.3, -0.25) is 4.79 Å². The van der Waals surface area contributed by atoms with Crippen LogP contribution in [0, 0.1) is 13.8 Å². The number of nitrogens with zero attached hydrogens (tertiary/aromatic N) is 1. The van der Waals surface area contributed by atoms with Gasteiger partial charge >= 0.3 is 0 Å².